The van der Waals surface area contributed by atoms with Gasteiger partial charge in [-0.2, -0.15) is 5.10 Å². The Bertz CT molecular complexity index is 1520. The molecular formula is C27H26ClF2N5O4S. The van der Waals surface area contributed by atoms with Crippen LogP contribution in [0.3, 0.4) is 0 Å². The van der Waals surface area contributed by atoms with Gasteiger partial charge in [-0.05, 0) is 44.7 Å². The maximum absolute atomic E-state index is 14.6. The third-order valence-electron chi connectivity index (χ3n) is 6.99. The third kappa shape index (κ3) is 5.37. The highest BCUT2D eigenvalue weighted by Crippen LogP contribution is 2.41. The van der Waals surface area contributed by atoms with Gasteiger partial charge in [0.15, 0.2) is 22.5 Å². The molecule has 210 valence electrons. The van der Waals surface area contributed by atoms with E-state index in [9.17, 15) is 23.5 Å². The van der Waals surface area contributed by atoms with Crippen LogP contribution in [-0.4, -0.2) is 44.3 Å². The molecule has 0 saturated carbocycles. The van der Waals surface area contributed by atoms with Gasteiger partial charge in [-0.1, -0.05) is 17.7 Å². The van der Waals surface area contributed by atoms with Crippen molar-refractivity contribution < 1.29 is 28.2 Å². The van der Waals surface area contributed by atoms with E-state index in [0.29, 0.717) is 35.8 Å². The number of nitrogens with zero attached hydrogens (tertiary/aromatic N) is 4. The smallest absolute Gasteiger partial charge is 0.338 e. The minimum absolute atomic E-state index is 0.0615. The highest BCUT2D eigenvalue weighted by molar-refractivity contribution is 7.11. The molecule has 5 rings (SSSR count). The Morgan fingerprint density at radius 3 is 2.85 bits per heavy atom. The van der Waals surface area contributed by atoms with E-state index in [1.165, 1.54) is 17.4 Å². The molecule has 0 bridgehead atoms. The Morgan fingerprint density at radius 2 is 2.15 bits per heavy atom. The normalized spacial score (nSPS) is 19.5. The van der Waals surface area contributed by atoms with E-state index in [1.807, 2.05) is 6.20 Å². The first-order valence-electron chi connectivity index (χ1n) is 12.8. The van der Waals surface area contributed by atoms with Gasteiger partial charge >= 0.3 is 11.9 Å². The molecule has 2 N–H and O–H groups in total. The molecule has 1 aromatic carbocycles. The number of carbonyl (C=O) groups excluding carboxylic acids is 1. The lowest BCUT2D eigenvalue weighted by Crippen LogP contribution is -2.38. The van der Waals surface area contributed by atoms with Crippen molar-refractivity contribution in [3.63, 3.8) is 0 Å². The number of esters is 1. The molecule has 0 radical (unpaired) electrons. The summed E-state index contributed by atoms with van der Waals surface area (Å²) in [6, 6.07) is 0.881. The van der Waals surface area contributed by atoms with E-state index >= 15 is 0 Å². The van der Waals surface area contributed by atoms with Crippen LogP contribution in [-0.2, 0) is 27.2 Å². The lowest BCUT2D eigenvalue weighted by molar-refractivity contribution is -0.139. The van der Waals surface area contributed by atoms with E-state index in [2.05, 4.69) is 15.4 Å². The zero-order chi connectivity index (χ0) is 28.6. The molecule has 3 aromatic rings. The zero-order valence-corrected chi connectivity index (χ0v) is 23.2. The second-order valence-corrected chi connectivity index (χ2v) is 10.9. The fourth-order valence-electron chi connectivity index (χ4n) is 5.09. The van der Waals surface area contributed by atoms with Gasteiger partial charge in [-0.3, -0.25) is 14.5 Å². The zero-order valence-electron chi connectivity index (χ0n) is 21.7. The largest absolute Gasteiger partial charge is 0.481 e. The molecule has 2 aromatic heterocycles. The SMILES string of the molecule is CCOC(=O)C1=C(C2CCc3nn(C(C)CC(=O)O)cc3C2)NC(c2nccs2)=NC1c1ccc(F)c(F)c1Cl. The Morgan fingerprint density at radius 1 is 1.35 bits per heavy atom. The molecule has 2 aliphatic rings. The number of aliphatic imine (C=N–C) groups is 1. The van der Waals surface area contributed by atoms with Gasteiger partial charge in [0.1, 0.15) is 6.04 Å². The number of fused-ring (bicyclic) bond motifs is 1. The van der Waals surface area contributed by atoms with Gasteiger partial charge in [0.05, 0.1) is 35.4 Å². The summed E-state index contributed by atoms with van der Waals surface area (Å²) in [6.45, 7) is 3.57. The van der Waals surface area contributed by atoms with Crippen LogP contribution < -0.4 is 5.32 Å². The van der Waals surface area contributed by atoms with Crippen LogP contribution >= 0.6 is 22.9 Å². The van der Waals surface area contributed by atoms with Crippen molar-refractivity contribution in [2.45, 2.75) is 51.6 Å². The van der Waals surface area contributed by atoms with Gasteiger partial charge in [0.2, 0.25) is 0 Å². The van der Waals surface area contributed by atoms with Crippen LogP contribution in [0.4, 0.5) is 8.78 Å². The average Bonchev–Trinajstić information content (AvgIpc) is 3.61. The van der Waals surface area contributed by atoms with Crippen molar-refractivity contribution in [1.29, 1.82) is 0 Å². The summed E-state index contributed by atoms with van der Waals surface area (Å²) >= 11 is 7.61. The lowest BCUT2D eigenvalue weighted by atomic mass is 9.81. The van der Waals surface area contributed by atoms with Crippen molar-refractivity contribution in [2.24, 2.45) is 10.9 Å². The second kappa shape index (κ2) is 11.5. The standard InChI is InChI=1S/C27H26ClF2N5O4S/c1-3-39-27(38)20-23(14-4-7-18-15(11-14)12-35(34-18)13(2)10-19(36)37)32-25(26-31-8-9-40-26)33-24(20)16-5-6-17(29)22(30)21(16)28/h5-6,8-9,12-14,24H,3-4,7,10-11H2,1-2H3,(H,32,33)(H,36,37). The average molecular weight is 590 g/mol. The van der Waals surface area contributed by atoms with E-state index in [-0.39, 0.29) is 36.1 Å². The topological polar surface area (TPSA) is 119 Å². The molecule has 3 unspecified atom stereocenters. The number of aryl methyl sites for hydroxylation is 1. The molecule has 3 heterocycles. The van der Waals surface area contributed by atoms with E-state index in [0.717, 1.165) is 17.3 Å². The summed E-state index contributed by atoms with van der Waals surface area (Å²) in [5.74, 6) is -3.72. The second-order valence-electron chi connectivity index (χ2n) is 9.62. The number of nitrogens with one attached hydrogen (secondary N) is 1. The minimum Gasteiger partial charge on any atom is -0.481 e. The number of carbonyl (C=O) groups is 2. The molecule has 3 atom stereocenters. The van der Waals surface area contributed by atoms with Crippen molar-refractivity contribution in [3.8, 4) is 0 Å². The first kappa shape index (κ1) is 27.9. The first-order chi connectivity index (χ1) is 19.2. The fraction of sp³-hybridized carbons (Fsp3) is 0.370. The van der Waals surface area contributed by atoms with Crippen LogP contribution in [0, 0.1) is 17.6 Å². The molecule has 9 nitrogen and oxygen atoms in total. The molecule has 0 fully saturated rings. The number of ether oxygens (including phenoxy) is 1. The monoisotopic (exact) mass is 589 g/mol. The fourth-order valence-corrected chi connectivity index (χ4v) is 5.94. The number of carboxylic acids is 1. The van der Waals surface area contributed by atoms with Crippen LogP contribution in [0.25, 0.3) is 0 Å². The van der Waals surface area contributed by atoms with E-state index in [4.69, 9.17) is 21.3 Å². The molecule has 0 amide bonds. The Hall–Kier alpha value is -3.64. The number of halogens is 3. The van der Waals surface area contributed by atoms with Gasteiger partial charge < -0.3 is 15.2 Å². The summed E-state index contributed by atoms with van der Waals surface area (Å²) < 4.78 is 35.7. The number of amidine groups is 1. The Labute approximate surface area is 237 Å². The van der Waals surface area contributed by atoms with Crippen LogP contribution in [0.5, 0.6) is 0 Å². The number of aliphatic carboxylic acids is 1. The van der Waals surface area contributed by atoms with Crippen molar-refractivity contribution >= 4 is 40.7 Å². The number of benzene rings is 1. The number of carboxylic acid groups (broad SMARTS) is 1. The summed E-state index contributed by atoms with van der Waals surface area (Å²) in [4.78, 5) is 33.7. The molecule has 1 aliphatic carbocycles. The maximum atomic E-state index is 14.6. The number of allylic oxidation sites excluding steroid dienone is 1. The predicted octanol–water partition coefficient (Wildman–Crippen LogP) is 5.02. The molecule has 1 aliphatic heterocycles. The summed E-state index contributed by atoms with van der Waals surface area (Å²) in [5.41, 5.74) is 2.64. The van der Waals surface area contributed by atoms with Crippen LogP contribution in [0.15, 0.2) is 46.2 Å². The number of hydrogen-bond acceptors (Lipinski definition) is 8. The molecule has 40 heavy (non-hydrogen) atoms. The highest BCUT2D eigenvalue weighted by Gasteiger charge is 2.38. The summed E-state index contributed by atoms with van der Waals surface area (Å²) in [7, 11) is 0. The van der Waals surface area contributed by atoms with Gasteiger partial charge in [-0.15, -0.1) is 11.3 Å². The van der Waals surface area contributed by atoms with Crippen molar-refractivity contribution in [3.05, 3.63) is 79.7 Å². The number of thiazole rings is 1. The third-order valence-corrected chi connectivity index (χ3v) is 8.15. The van der Waals surface area contributed by atoms with Gasteiger partial charge in [0, 0.05) is 35.0 Å². The molecule has 0 spiro atoms. The number of aromatic nitrogens is 3. The quantitative estimate of drug-likeness (QED) is 0.280. The highest BCUT2D eigenvalue weighted by atomic mass is 35.5. The Balaban J connectivity index is 1.60. The van der Waals surface area contributed by atoms with Crippen molar-refractivity contribution in [2.75, 3.05) is 6.61 Å². The molecule has 0 saturated heterocycles. The molecular weight excluding hydrogens is 564 g/mol. The number of rotatable bonds is 8. The van der Waals surface area contributed by atoms with E-state index < -0.39 is 34.6 Å². The predicted molar refractivity (Wildman–Crippen MR) is 144 cm³/mol. The summed E-state index contributed by atoms with van der Waals surface area (Å²) in [5, 5.41) is 19.0. The van der Waals surface area contributed by atoms with Gasteiger partial charge in [-0.25, -0.2) is 18.6 Å². The molecule has 13 heteroatoms. The first-order valence-corrected chi connectivity index (χ1v) is 14.0. The lowest BCUT2D eigenvalue weighted by Gasteiger charge is -2.33. The number of hydrogen-bond donors (Lipinski definition) is 2. The Kier molecular flexibility index (Phi) is 7.99. The van der Waals surface area contributed by atoms with Crippen LogP contribution in [0.1, 0.15) is 60.6 Å². The van der Waals surface area contributed by atoms with Crippen molar-refractivity contribution in [1.82, 2.24) is 20.1 Å². The van der Waals surface area contributed by atoms with E-state index in [1.54, 1.807) is 30.1 Å². The minimum atomic E-state index is -1.22. The van der Waals surface area contributed by atoms with Gasteiger partial charge in [0.25, 0.3) is 0 Å². The summed E-state index contributed by atoms with van der Waals surface area (Å²) in [6.07, 6.45) is 5.12. The maximum Gasteiger partial charge on any atom is 0.338 e. The van der Waals surface area contributed by atoms with Crippen LogP contribution in [0.2, 0.25) is 5.02 Å².